The standard InChI is InChI=1S/C57H96O10/c1-11-13-14-15-16-17-18-19-20-21-22-23-24-25-51(61)62-37-50-52(63-40(6)58)53(64-41(7)59)54(65-42(8)60)55(67-50)66-45-32-34-56(9)44(36-45)28-29-46-48-31-30-47(57(48,10)35-33-49(46)56)39(5)26-27-43(12-2)38(3)4/h28,38-39,43,45-50,52-55H,11-27,29-37H2,1-10H3/t39?,43-,45+,46?,47-,48?,49?,50-,52-,53+,54-,55-,56+,57-/m1/s1. The van der Waals surface area contributed by atoms with Crippen molar-refractivity contribution >= 4 is 23.9 Å². The lowest BCUT2D eigenvalue weighted by Gasteiger charge is -2.58. The molecule has 0 aromatic rings. The van der Waals surface area contributed by atoms with Crippen molar-refractivity contribution in [1.29, 1.82) is 0 Å². The van der Waals surface area contributed by atoms with Crippen molar-refractivity contribution in [3.8, 4) is 0 Å². The molecular weight excluding hydrogens is 845 g/mol. The maximum absolute atomic E-state index is 13.1. The van der Waals surface area contributed by atoms with Gasteiger partial charge in [0.25, 0.3) is 0 Å². The number of fused-ring (bicyclic) bond motifs is 5. The number of hydrogen-bond acceptors (Lipinski definition) is 10. The molecular formula is C57H96O10. The van der Waals surface area contributed by atoms with Crippen molar-refractivity contribution in [3.63, 3.8) is 0 Å². The minimum absolute atomic E-state index is 0.0901. The first-order valence-electron chi connectivity index (χ1n) is 27.7. The Bertz CT molecular complexity index is 1590. The first-order chi connectivity index (χ1) is 32.0. The molecule has 0 amide bonds. The highest BCUT2D eigenvalue weighted by Crippen LogP contribution is 2.67. The van der Waals surface area contributed by atoms with Crippen LogP contribution in [0.15, 0.2) is 11.6 Å². The predicted octanol–water partition coefficient (Wildman–Crippen LogP) is 13.6. The summed E-state index contributed by atoms with van der Waals surface area (Å²) < 4.78 is 36.4. The number of esters is 4. The molecule has 0 spiro atoms. The average Bonchev–Trinajstić information content (AvgIpc) is 3.63. The van der Waals surface area contributed by atoms with Crippen LogP contribution in [0.3, 0.4) is 0 Å². The molecule has 5 rings (SSSR count). The Morgan fingerprint density at radius 1 is 0.701 bits per heavy atom. The van der Waals surface area contributed by atoms with E-state index in [2.05, 4.69) is 54.5 Å². The third-order valence-electron chi connectivity index (χ3n) is 18.0. The van der Waals surface area contributed by atoms with Crippen LogP contribution in [-0.4, -0.2) is 67.3 Å². The molecule has 10 nitrogen and oxygen atoms in total. The minimum atomic E-state index is -1.24. The summed E-state index contributed by atoms with van der Waals surface area (Å²) in [5, 5.41) is 0. The molecule has 5 aliphatic rings. The molecule has 1 saturated heterocycles. The van der Waals surface area contributed by atoms with E-state index >= 15 is 0 Å². The van der Waals surface area contributed by atoms with Gasteiger partial charge in [-0.1, -0.05) is 150 Å². The molecule has 4 fully saturated rings. The van der Waals surface area contributed by atoms with Gasteiger partial charge < -0.3 is 28.4 Å². The van der Waals surface area contributed by atoms with Crippen LogP contribution in [0.1, 0.15) is 230 Å². The lowest BCUT2D eigenvalue weighted by atomic mass is 9.47. The Hall–Kier alpha value is -2.46. The van der Waals surface area contributed by atoms with Crippen LogP contribution in [0.5, 0.6) is 0 Å². The third kappa shape index (κ3) is 15.0. The molecule has 0 bridgehead atoms. The van der Waals surface area contributed by atoms with Crippen LogP contribution < -0.4 is 0 Å². The summed E-state index contributed by atoms with van der Waals surface area (Å²) >= 11 is 0. The maximum Gasteiger partial charge on any atom is 0.305 e. The number of hydrogen-bond donors (Lipinski definition) is 0. The van der Waals surface area contributed by atoms with Crippen molar-refractivity contribution in [2.45, 2.75) is 267 Å². The molecule has 3 saturated carbocycles. The minimum Gasteiger partial charge on any atom is -0.463 e. The molecule has 0 radical (unpaired) electrons. The molecule has 384 valence electrons. The lowest BCUT2D eigenvalue weighted by molar-refractivity contribution is -0.318. The monoisotopic (exact) mass is 941 g/mol. The van der Waals surface area contributed by atoms with E-state index in [1.807, 2.05) is 0 Å². The molecule has 1 heterocycles. The summed E-state index contributed by atoms with van der Waals surface area (Å²) in [5.74, 6) is 2.98. The highest BCUT2D eigenvalue weighted by Gasteiger charge is 2.60. The van der Waals surface area contributed by atoms with Gasteiger partial charge in [-0.15, -0.1) is 0 Å². The Morgan fingerprint density at radius 3 is 1.90 bits per heavy atom. The van der Waals surface area contributed by atoms with Gasteiger partial charge in [0.15, 0.2) is 24.6 Å². The van der Waals surface area contributed by atoms with Crippen LogP contribution in [0, 0.1) is 52.3 Å². The van der Waals surface area contributed by atoms with Crippen LogP contribution in [0.25, 0.3) is 0 Å². The Labute approximate surface area is 407 Å². The van der Waals surface area contributed by atoms with Gasteiger partial charge in [-0.3, -0.25) is 19.2 Å². The van der Waals surface area contributed by atoms with E-state index < -0.39 is 48.6 Å². The zero-order chi connectivity index (χ0) is 48.7. The van der Waals surface area contributed by atoms with Gasteiger partial charge in [0.1, 0.15) is 12.7 Å². The Morgan fingerprint density at radius 2 is 1.30 bits per heavy atom. The van der Waals surface area contributed by atoms with E-state index in [1.165, 1.54) is 135 Å². The number of unbranched alkanes of at least 4 members (excludes halogenated alkanes) is 12. The van der Waals surface area contributed by atoms with Crippen molar-refractivity contribution in [1.82, 2.24) is 0 Å². The molecule has 0 aromatic carbocycles. The van der Waals surface area contributed by atoms with E-state index in [-0.39, 0.29) is 30.5 Å². The summed E-state index contributed by atoms with van der Waals surface area (Å²) in [7, 11) is 0. The summed E-state index contributed by atoms with van der Waals surface area (Å²) in [6.45, 7) is 20.7. The third-order valence-corrected chi connectivity index (χ3v) is 18.0. The molecule has 10 heteroatoms. The molecule has 1 aliphatic heterocycles. The lowest BCUT2D eigenvalue weighted by Crippen LogP contribution is -2.63. The van der Waals surface area contributed by atoms with Gasteiger partial charge in [-0.05, 0) is 116 Å². The van der Waals surface area contributed by atoms with Crippen molar-refractivity contribution in [2.24, 2.45) is 52.3 Å². The van der Waals surface area contributed by atoms with Gasteiger partial charge in [0, 0.05) is 27.2 Å². The topological polar surface area (TPSA) is 124 Å². The molecule has 4 unspecified atom stereocenters. The zero-order valence-electron chi connectivity index (χ0n) is 44.1. The average molecular weight is 941 g/mol. The molecule has 14 atom stereocenters. The Balaban J connectivity index is 1.19. The largest absolute Gasteiger partial charge is 0.463 e. The quantitative estimate of drug-likeness (QED) is 0.0340. The van der Waals surface area contributed by atoms with Gasteiger partial charge >= 0.3 is 23.9 Å². The molecule has 4 aliphatic carbocycles. The van der Waals surface area contributed by atoms with Gasteiger partial charge in [-0.2, -0.15) is 0 Å². The van der Waals surface area contributed by atoms with E-state index in [9.17, 15) is 19.2 Å². The summed E-state index contributed by atoms with van der Waals surface area (Å²) in [6, 6.07) is 0. The fourth-order valence-corrected chi connectivity index (χ4v) is 14.2. The van der Waals surface area contributed by atoms with Gasteiger partial charge in [0.05, 0.1) is 6.10 Å². The van der Waals surface area contributed by atoms with Crippen LogP contribution in [-0.2, 0) is 47.6 Å². The second kappa shape index (κ2) is 26.7. The Kier molecular flexibility index (Phi) is 22.1. The van der Waals surface area contributed by atoms with E-state index in [1.54, 1.807) is 0 Å². The second-order valence-corrected chi connectivity index (χ2v) is 22.9. The number of allylic oxidation sites excluding steroid dienone is 1. The maximum atomic E-state index is 13.1. The fraction of sp³-hybridized carbons (Fsp3) is 0.895. The van der Waals surface area contributed by atoms with E-state index in [0.29, 0.717) is 17.3 Å². The van der Waals surface area contributed by atoms with E-state index in [0.717, 1.165) is 74.5 Å². The number of carbonyl (C=O) groups excluding carboxylic acids is 4. The van der Waals surface area contributed by atoms with Gasteiger partial charge in [-0.25, -0.2) is 0 Å². The summed E-state index contributed by atoms with van der Waals surface area (Å²) in [6.07, 6.45) is 25.4. The molecule has 0 N–H and O–H groups in total. The first kappa shape index (κ1) is 55.5. The number of carbonyl (C=O) groups is 4. The normalized spacial score (nSPS) is 33.4. The number of rotatable bonds is 27. The van der Waals surface area contributed by atoms with Crippen molar-refractivity contribution in [2.75, 3.05) is 6.61 Å². The SMILES string of the molecule is CCCCCCCCCCCCCCCC(=O)OC[C@H]1O[C@@H](O[C@H]2CC[C@@]3(C)C(=CCC4C3CC[C@@]3(C)C4CC[C@@H]3C(C)CC[C@@H](CC)C(C)C)C2)[C@H](OC(C)=O)[C@@H](OC(C)=O)[C@@H]1OC(C)=O. The number of ether oxygens (including phenoxy) is 6. The highest BCUT2D eigenvalue weighted by atomic mass is 16.7. The van der Waals surface area contributed by atoms with Crippen LogP contribution in [0.2, 0.25) is 0 Å². The van der Waals surface area contributed by atoms with E-state index in [4.69, 9.17) is 28.4 Å². The van der Waals surface area contributed by atoms with Crippen LogP contribution >= 0.6 is 0 Å². The van der Waals surface area contributed by atoms with Crippen LogP contribution in [0.4, 0.5) is 0 Å². The zero-order valence-corrected chi connectivity index (χ0v) is 44.1. The second-order valence-electron chi connectivity index (χ2n) is 22.9. The highest BCUT2D eigenvalue weighted by molar-refractivity contribution is 5.69. The smallest absolute Gasteiger partial charge is 0.305 e. The van der Waals surface area contributed by atoms with Crippen molar-refractivity contribution in [3.05, 3.63) is 11.6 Å². The van der Waals surface area contributed by atoms with Crippen molar-refractivity contribution < 1.29 is 47.6 Å². The first-order valence-corrected chi connectivity index (χ1v) is 27.7. The van der Waals surface area contributed by atoms with Gasteiger partial charge in [0.2, 0.25) is 0 Å². The predicted molar refractivity (Wildman–Crippen MR) is 264 cm³/mol. The fourth-order valence-electron chi connectivity index (χ4n) is 14.2. The summed E-state index contributed by atoms with van der Waals surface area (Å²) in [5.41, 5.74) is 1.95. The molecule has 67 heavy (non-hydrogen) atoms. The molecule has 0 aromatic heterocycles. The summed E-state index contributed by atoms with van der Waals surface area (Å²) in [4.78, 5) is 50.8.